The summed E-state index contributed by atoms with van der Waals surface area (Å²) in [7, 11) is 1.45. The van der Waals surface area contributed by atoms with Crippen molar-refractivity contribution in [3.63, 3.8) is 0 Å². The number of carbonyl (C=O) groups excluding carboxylic acids is 1. The highest BCUT2D eigenvalue weighted by atomic mass is 32.1. The molecule has 0 saturated heterocycles. The molecule has 8 heteroatoms. The minimum absolute atomic E-state index is 0.122. The van der Waals surface area contributed by atoms with Crippen molar-refractivity contribution in [2.75, 3.05) is 6.54 Å². The number of aromatic nitrogens is 2. The topological polar surface area (TPSA) is 46.9 Å². The lowest BCUT2D eigenvalue weighted by Crippen LogP contribution is -2.26. The highest BCUT2D eigenvalue weighted by Crippen LogP contribution is 2.34. The van der Waals surface area contributed by atoms with E-state index in [2.05, 4.69) is 31.2 Å². The van der Waals surface area contributed by atoms with Crippen LogP contribution in [0.2, 0.25) is 0 Å². The molecular formula is C16H20F3N3OS. The van der Waals surface area contributed by atoms with Crippen LogP contribution in [0.1, 0.15) is 42.6 Å². The van der Waals surface area contributed by atoms with E-state index in [4.69, 9.17) is 0 Å². The van der Waals surface area contributed by atoms with Gasteiger partial charge in [-0.15, -0.1) is 11.3 Å². The number of halogens is 3. The quantitative estimate of drug-likeness (QED) is 0.883. The molecule has 0 fully saturated rings. The Morgan fingerprint density at radius 2 is 1.96 bits per heavy atom. The Hall–Kier alpha value is -1.83. The van der Waals surface area contributed by atoms with Crippen LogP contribution in [0.5, 0.6) is 0 Å². The summed E-state index contributed by atoms with van der Waals surface area (Å²) in [5, 5.41) is 6.32. The highest BCUT2D eigenvalue weighted by Gasteiger charge is 2.34. The molecule has 4 nitrogen and oxygen atoms in total. The summed E-state index contributed by atoms with van der Waals surface area (Å²) in [6, 6.07) is 4.25. The van der Waals surface area contributed by atoms with Gasteiger partial charge in [-0.2, -0.15) is 18.3 Å². The van der Waals surface area contributed by atoms with Gasteiger partial charge in [-0.3, -0.25) is 9.48 Å². The Bertz CT molecular complexity index is 726. The van der Waals surface area contributed by atoms with Gasteiger partial charge < -0.3 is 5.32 Å². The van der Waals surface area contributed by atoms with E-state index < -0.39 is 11.9 Å². The van der Waals surface area contributed by atoms with Crippen molar-refractivity contribution >= 4 is 17.2 Å². The van der Waals surface area contributed by atoms with Crippen molar-refractivity contribution in [1.29, 1.82) is 0 Å². The zero-order valence-corrected chi connectivity index (χ0v) is 14.8. The van der Waals surface area contributed by atoms with Crippen molar-refractivity contribution < 1.29 is 18.0 Å². The molecule has 0 bridgehead atoms. The third-order valence-corrected chi connectivity index (χ3v) is 4.52. The second kappa shape index (κ2) is 6.58. The molecule has 0 aromatic carbocycles. The molecule has 132 valence electrons. The van der Waals surface area contributed by atoms with Gasteiger partial charge in [-0.05, 0) is 30.0 Å². The van der Waals surface area contributed by atoms with Gasteiger partial charge in [0.2, 0.25) is 0 Å². The largest absolute Gasteiger partial charge is 0.435 e. The number of aryl methyl sites for hydroxylation is 1. The van der Waals surface area contributed by atoms with E-state index in [1.807, 2.05) is 0 Å². The summed E-state index contributed by atoms with van der Waals surface area (Å²) in [6.07, 6.45) is -3.64. The summed E-state index contributed by atoms with van der Waals surface area (Å²) in [6.45, 7) is 6.81. The lowest BCUT2D eigenvalue weighted by atomic mass is 9.92. The van der Waals surface area contributed by atoms with E-state index in [1.54, 1.807) is 12.1 Å². The Kier molecular flexibility index (Phi) is 5.08. The van der Waals surface area contributed by atoms with Gasteiger partial charge >= 0.3 is 6.18 Å². The van der Waals surface area contributed by atoms with Crippen LogP contribution in [0.3, 0.4) is 0 Å². The third-order valence-electron chi connectivity index (χ3n) is 3.41. The van der Waals surface area contributed by atoms with Gasteiger partial charge in [0.1, 0.15) is 0 Å². The van der Waals surface area contributed by atoms with Gasteiger partial charge in [0, 0.05) is 13.6 Å². The maximum atomic E-state index is 12.7. The van der Waals surface area contributed by atoms with E-state index in [9.17, 15) is 18.0 Å². The van der Waals surface area contributed by atoms with E-state index >= 15 is 0 Å². The van der Waals surface area contributed by atoms with Crippen LogP contribution < -0.4 is 5.32 Å². The molecule has 1 amide bonds. The standard InChI is InChI=1S/C16H20F3N3OS/c1-15(2,3)7-8-20-14(23)12-6-5-11(24-12)10-9-13(16(17,18)19)21-22(10)4/h5-6,9H,7-8H2,1-4H3,(H,20,23). The molecule has 2 rings (SSSR count). The maximum Gasteiger partial charge on any atom is 0.435 e. The Morgan fingerprint density at radius 1 is 1.29 bits per heavy atom. The van der Waals surface area contributed by atoms with Gasteiger partial charge in [0.15, 0.2) is 5.69 Å². The molecule has 24 heavy (non-hydrogen) atoms. The van der Waals surface area contributed by atoms with E-state index in [1.165, 1.54) is 11.7 Å². The predicted molar refractivity (Wildman–Crippen MR) is 87.9 cm³/mol. The lowest BCUT2D eigenvalue weighted by molar-refractivity contribution is -0.141. The van der Waals surface area contributed by atoms with Gasteiger partial charge in [0.05, 0.1) is 15.4 Å². The molecule has 2 heterocycles. The minimum atomic E-state index is -4.49. The van der Waals surface area contributed by atoms with Crippen LogP contribution in [0.4, 0.5) is 13.2 Å². The van der Waals surface area contributed by atoms with Gasteiger partial charge in [-0.25, -0.2) is 0 Å². The third kappa shape index (κ3) is 4.59. The molecule has 0 aliphatic carbocycles. The number of thiophene rings is 1. The van der Waals surface area contributed by atoms with Crippen molar-refractivity contribution in [3.05, 3.63) is 28.8 Å². The van der Waals surface area contributed by atoms with E-state index in [-0.39, 0.29) is 11.3 Å². The highest BCUT2D eigenvalue weighted by molar-refractivity contribution is 7.17. The number of rotatable bonds is 4. The zero-order valence-electron chi connectivity index (χ0n) is 14.0. The first kappa shape index (κ1) is 18.5. The molecular weight excluding hydrogens is 339 g/mol. The molecule has 0 radical (unpaired) electrons. The summed E-state index contributed by atoms with van der Waals surface area (Å²) in [5.74, 6) is -0.214. The molecule has 0 saturated carbocycles. The van der Waals surface area contributed by atoms with Crippen LogP contribution in [0.25, 0.3) is 10.6 Å². The molecule has 0 aliphatic rings. The number of amides is 1. The smallest absolute Gasteiger partial charge is 0.351 e. The van der Waals surface area contributed by atoms with Crippen LogP contribution in [-0.2, 0) is 13.2 Å². The number of alkyl halides is 3. The summed E-state index contributed by atoms with van der Waals surface area (Å²) >= 11 is 1.15. The summed E-state index contributed by atoms with van der Waals surface area (Å²) in [5.41, 5.74) is -0.484. The maximum absolute atomic E-state index is 12.7. The molecule has 0 unspecified atom stereocenters. The Morgan fingerprint density at radius 3 is 2.50 bits per heavy atom. The molecule has 2 aromatic heterocycles. The number of nitrogens with one attached hydrogen (secondary N) is 1. The fraction of sp³-hybridized carbons (Fsp3) is 0.500. The molecule has 2 aromatic rings. The van der Waals surface area contributed by atoms with Gasteiger partial charge in [-0.1, -0.05) is 20.8 Å². The first-order valence-corrected chi connectivity index (χ1v) is 8.29. The number of hydrogen-bond donors (Lipinski definition) is 1. The molecule has 0 spiro atoms. The summed E-state index contributed by atoms with van der Waals surface area (Å²) in [4.78, 5) is 13.2. The second-order valence-electron chi connectivity index (χ2n) is 6.77. The average molecular weight is 359 g/mol. The van der Waals surface area contributed by atoms with Crippen molar-refractivity contribution in [2.24, 2.45) is 12.5 Å². The van der Waals surface area contributed by atoms with Crippen molar-refractivity contribution in [1.82, 2.24) is 15.1 Å². The van der Waals surface area contributed by atoms with Crippen LogP contribution in [-0.4, -0.2) is 22.2 Å². The first-order valence-electron chi connectivity index (χ1n) is 7.47. The minimum Gasteiger partial charge on any atom is -0.351 e. The average Bonchev–Trinajstić information content (AvgIpc) is 3.02. The fourth-order valence-electron chi connectivity index (χ4n) is 2.07. The number of hydrogen-bond acceptors (Lipinski definition) is 3. The molecule has 0 atom stereocenters. The Labute approximate surface area is 142 Å². The predicted octanol–water partition coefficient (Wildman–Crippen LogP) is 4.33. The summed E-state index contributed by atoms with van der Waals surface area (Å²) < 4.78 is 39.4. The van der Waals surface area contributed by atoms with Crippen LogP contribution >= 0.6 is 11.3 Å². The SMILES string of the molecule is Cn1nc(C(F)(F)F)cc1-c1ccc(C(=O)NCCC(C)(C)C)s1. The lowest BCUT2D eigenvalue weighted by Gasteiger charge is -2.17. The monoisotopic (exact) mass is 359 g/mol. The van der Waals surface area contributed by atoms with Crippen molar-refractivity contribution in [3.8, 4) is 10.6 Å². The van der Waals surface area contributed by atoms with Crippen LogP contribution in [0.15, 0.2) is 18.2 Å². The van der Waals surface area contributed by atoms with E-state index in [0.29, 0.717) is 22.0 Å². The molecule has 0 aliphatic heterocycles. The van der Waals surface area contributed by atoms with E-state index in [0.717, 1.165) is 23.8 Å². The first-order chi connectivity index (χ1) is 11.0. The number of nitrogens with zero attached hydrogens (tertiary/aromatic N) is 2. The Balaban J connectivity index is 2.11. The van der Waals surface area contributed by atoms with Gasteiger partial charge in [0.25, 0.3) is 5.91 Å². The zero-order chi connectivity index (χ0) is 18.1. The van der Waals surface area contributed by atoms with Crippen molar-refractivity contribution in [2.45, 2.75) is 33.4 Å². The fourth-order valence-corrected chi connectivity index (χ4v) is 3.04. The second-order valence-corrected chi connectivity index (χ2v) is 7.85. The van der Waals surface area contributed by atoms with Crippen LogP contribution in [0, 0.1) is 5.41 Å². The normalized spacial score (nSPS) is 12.5. The number of carbonyl (C=O) groups is 1. The molecule has 1 N–H and O–H groups in total.